The lowest BCUT2D eigenvalue weighted by Crippen LogP contribution is -2.03. The Hall–Kier alpha value is -1.73. The molecule has 0 radical (unpaired) electrons. The lowest BCUT2D eigenvalue weighted by molar-refractivity contribution is 0.787. The van der Waals surface area contributed by atoms with E-state index >= 15 is 0 Å². The first-order valence-electron chi connectivity index (χ1n) is 6.17. The Bertz CT molecular complexity index is 796. The van der Waals surface area contributed by atoms with Gasteiger partial charge in [-0.3, -0.25) is 0 Å². The van der Waals surface area contributed by atoms with Crippen LogP contribution in [-0.4, -0.2) is 20.2 Å². The molecule has 0 aliphatic heterocycles. The molecule has 0 fully saturated rings. The van der Waals surface area contributed by atoms with Gasteiger partial charge in [0.05, 0.1) is 10.2 Å². The van der Waals surface area contributed by atoms with Crippen LogP contribution in [0.2, 0.25) is 0 Å². The molecule has 1 aromatic heterocycles. The van der Waals surface area contributed by atoms with Crippen molar-refractivity contribution in [3.63, 3.8) is 0 Å². The second-order valence-electron chi connectivity index (χ2n) is 4.55. The first kappa shape index (κ1) is 14.2. The summed E-state index contributed by atoms with van der Waals surface area (Å²) < 4.78 is 3.46. The van der Waals surface area contributed by atoms with Gasteiger partial charge in [-0.05, 0) is 63.1 Å². The van der Waals surface area contributed by atoms with Crippen LogP contribution in [0.15, 0.2) is 45.3 Å². The van der Waals surface area contributed by atoms with Crippen molar-refractivity contribution < 1.29 is 0 Å². The molecule has 2 aromatic carbocycles. The fourth-order valence-corrected chi connectivity index (χ4v) is 2.84. The first-order valence-corrected chi connectivity index (χ1v) is 7.76. The third-order valence-electron chi connectivity index (χ3n) is 3.14. The molecule has 0 unspecified atom stereocenters. The fourth-order valence-electron chi connectivity index (χ4n) is 2.05. The SMILES string of the molecule is Cc1ccc(Br)cc1-n1nnnc1-c1cccc(N)c1Br. The van der Waals surface area contributed by atoms with Gasteiger partial charge in [-0.25, -0.2) is 0 Å². The van der Waals surface area contributed by atoms with Gasteiger partial charge in [0.15, 0.2) is 5.82 Å². The van der Waals surface area contributed by atoms with Gasteiger partial charge in [0.1, 0.15) is 0 Å². The quantitative estimate of drug-likeness (QED) is 0.655. The highest BCUT2D eigenvalue weighted by molar-refractivity contribution is 9.11. The zero-order valence-corrected chi connectivity index (χ0v) is 14.3. The van der Waals surface area contributed by atoms with Crippen LogP contribution in [0.3, 0.4) is 0 Å². The molecule has 5 nitrogen and oxygen atoms in total. The molecule has 0 saturated carbocycles. The van der Waals surface area contributed by atoms with E-state index in [1.165, 1.54) is 0 Å². The van der Waals surface area contributed by atoms with Crippen LogP contribution in [0.25, 0.3) is 17.1 Å². The maximum absolute atomic E-state index is 5.94. The fraction of sp³-hybridized carbons (Fsp3) is 0.0714. The van der Waals surface area contributed by atoms with Crippen LogP contribution in [0.5, 0.6) is 0 Å². The first-order chi connectivity index (χ1) is 10.1. The van der Waals surface area contributed by atoms with Crippen LogP contribution < -0.4 is 5.73 Å². The summed E-state index contributed by atoms with van der Waals surface area (Å²) in [6.45, 7) is 2.02. The molecule has 0 amide bonds. The summed E-state index contributed by atoms with van der Waals surface area (Å²) >= 11 is 6.98. The molecule has 0 bridgehead atoms. The molecule has 0 saturated heterocycles. The standard InChI is InChI=1S/C14H11Br2N5/c1-8-5-6-9(15)7-12(8)21-14(18-19-20-21)10-3-2-4-11(17)13(10)16/h2-7H,17H2,1H3. The predicted octanol–water partition coefficient (Wildman–Crippen LogP) is 3.74. The number of tetrazole rings is 1. The Balaban J connectivity index is 2.22. The predicted molar refractivity (Wildman–Crippen MR) is 89.1 cm³/mol. The summed E-state index contributed by atoms with van der Waals surface area (Å²) in [6, 6.07) is 11.6. The Kier molecular flexibility index (Phi) is 3.77. The number of aryl methyl sites for hydroxylation is 1. The second kappa shape index (κ2) is 5.57. The van der Waals surface area contributed by atoms with E-state index in [0.717, 1.165) is 25.8 Å². The summed E-state index contributed by atoms with van der Waals surface area (Å²) in [5.74, 6) is 0.635. The highest BCUT2D eigenvalue weighted by Gasteiger charge is 2.16. The molecule has 3 rings (SSSR count). The number of benzene rings is 2. The number of halogens is 2. The van der Waals surface area contributed by atoms with E-state index < -0.39 is 0 Å². The van der Waals surface area contributed by atoms with Crippen molar-refractivity contribution in [2.75, 3.05) is 5.73 Å². The van der Waals surface area contributed by atoms with E-state index in [4.69, 9.17) is 5.73 Å². The minimum atomic E-state index is 0.635. The lowest BCUT2D eigenvalue weighted by Gasteiger charge is -2.10. The highest BCUT2D eigenvalue weighted by Crippen LogP contribution is 2.32. The van der Waals surface area contributed by atoms with Crippen LogP contribution in [0.1, 0.15) is 5.56 Å². The summed E-state index contributed by atoms with van der Waals surface area (Å²) in [7, 11) is 0. The Morgan fingerprint density at radius 1 is 1.14 bits per heavy atom. The van der Waals surface area contributed by atoms with Gasteiger partial charge in [0.2, 0.25) is 0 Å². The van der Waals surface area contributed by atoms with Crippen LogP contribution in [0.4, 0.5) is 5.69 Å². The monoisotopic (exact) mass is 407 g/mol. The number of hydrogen-bond donors (Lipinski definition) is 1. The highest BCUT2D eigenvalue weighted by atomic mass is 79.9. The average Bonchev–Trinajstić information content (AvgIpc) is 2.93. The van der Waals surface area contributed by atoms with Crippen LogP contribution in [0, 0.1) is 6.92 Å². The molecule has 0 aliphatic rings. The van der Waals surface area contributed by atoms with Crippen molar-refractivity contribution >= 4 is 37.5 Å². The third-order valence-corrected chi connectivity index (χ3v) is 4.52. The van der Waals surface area contributed by atoms with E-state index in [1.54, 1.807) is 4.68 Å². The number of nitrogens with two attached hydrogens (primary N) is 1. The van der Waals surface area contributed by atoms with Crippen LogP contribution >= 0.6 is 31.9 Å². The van der Waals surface area contributed by atoms with E-state index in [0.29, 0.717) is 11.5 Å². The van der Waals surface area contributed by atoms with E-state index in [9.17, 15) is 0 Å². The molecule has 0 atom stereocenters. The molecule has 3 aromatic rings. The number of anilines is 1. The molecular formula is C14H11Br2N5. The van der Waals surface area contributed by atoms with Crippen molar-refractivity contribution in [3.05, 3.63) is 50.9 Å². The van der Waals surface area contributed by atoms with Gasteiger partial charge in [-0.2, -0.15) is 4.68 Å². The number of aromatic nitrogens is 4. The average molecular weight is 409 g/mol. The molecular weight excluding hydrogens is 398 g/mol. The number of rotatable bonds is 2. The lowest BCUT2D eigenvalue weighted by atomic mass is 10.1. The summed E-state index contributed by atoms with van der Waals surface area (Å²) in [4.78, 5) is 0. The van der Waals surface area contributed by atoms with Gasteiger partial charge >= 0.3 is 0 Å². The Morgan fingerprint density at radius 3 is 2.76 bits per heavy atom. The summed E-state index contributed by atoms with van der Waals surface area (Å²) in [5.41, 5.74) is 9.42. The molecule has 7 heteroatoms. The van der Waals surface area contributed by atoms with Crippen LogP contribution in [-0.2, 0) is 0 Å². The van der Waals surface area contributed by atoms with E-state index in [-0.39, 0.29) is 0 Å². The Morgan fingerprint density at radius 2 is 1.95 bits per heavy atom. The van der Waals surface area contributed by atoms with Crippen molar-refractivity contribution in [2.24, 2.45) is 0 Å². The summed E-state index contributed by atoms with van der Waals surface area (Å²) in [5, 5.41) is 12.0. The topological polar surface area (TPSA) is 69.6 Å². The normalized spacial score (nSPS) is 10.8. The number of hydrogen-bond acceptors (Lipinski definition) is 4. The molecule has 0 aliphatic carbocycles. The number of nitrogens with zero attached hydrogens (tertiary/aromatic N) is 4. The molecule has 21 heavy (non-hydrogen) atoms. The van der Waals surface area contributed by atoms with Gasteiger partial charge in [-0.1, -0.05) is 28.1 Å². The van der Waals surface area contributed by atoms with Gasteiger partial charge in [0.25, 0.3) is 0 Å². The third kappa shape index (κ3) is 2.58. The molecule has 2 N–H and O–H groups in total. The van der Waals surface area contributed by atoms with Gasteiger partial charge < -0.3 is 5.73 Å². The van der Waals surface area contributed by atoms with Gasteiger partial charge in [0, 0.05) is 15.7 Å². The molecule has 1 heterocycles. The molecule has 0 spiro atoms. The van der Waals surface area contributed by atoms with E-state index in [2.05, 4.69) is 47.4 Å². The van der Waals surface area contributed by atoms with E-state index in [1.807, 2.05) is 43.3 Å². The largest absolute Gasteiger partial charge is 0.398 e. The van der Waals surface area contributed by atoms with Crippen molar-refractivity contribution in [3.8, 4) is 17.1 Å². The minimum Gasteiger partial charge on any atom is -0.398 e. The van der Waals surface area contributed by atoms with Crippen molar-refractivity contribution in [1.82, 2.24) is 20.2 Å². The second-order valence-corrected chi connectivity index (χ2v) is 6.26. The zero-order valence-electron chi connectivity index (χ0n) is 11.1. The Labute approximate surface area is 138 Å². The van der Waals surface area contributed by atoms with Gasteiger partial charge in [-0.15, -0.1) is 5.10 Å². The smallest absolute Gasteiger partial charge is 0.188 e. The van der Waals surface area contributed by atoms with Crippen molar-refractivity contribution in [2.45, 2.75) is 6.92 Å². The maximum atomic E-state index is 5.94. The minimum absolute atomic E-state index is 0.635. The summed E-state index contributed by atoms with van der Waals surface area (Å²) in [6.07, 6.45) is 0. The van der Waals surface area contributed by atoms with Crippen molar-refractivity contribution in [1.29, 1.82) is 0 Å². The molecule has 106 valence electrons. The number of nitrogen functional groups attached to an aromatic ring is 1. The zero-order chi connectivity index (χ0) is 15.0. The maximum Gasteiger partial charge on any atom is 0.188 e.